The van der Waals surface area contributed by atoms with Crippen molar-refractivity contribution in [2.24, 2.45) is 0 Å². The normalized spacial score (nSPS) is 18.4. The molecule has 228 valence electrons. The minimum Gasteiger partial charge on any atom is -0.405 e. The van der Waals surface area contributed by atoms with Crippen LogP contribution in [-0.4, -0.2) is 54.0 Å². The minimum absolute atomic E-state index is 0.0933. The number of amides is 2. The predicted molar refractivity (Wildman–Crippen MR) is 179 cm³/mol. The summed E-state index contributed by atoms with van der Waals surface area (Å²) in [5.41, 5.74) is 2.68. The molecule has 10 heteroatoms. The largest absolute Gasteiger partial charge is 0.405 e. The lowest BCUT2D eigenvalue weighted by atomic mass is 9.97. The molecule has 3 aromatic carbocycles. The van der Waals surface area contributed by atoms with Crippen molar-refractivity contribution in [2.75, 3.05) is 13.2 Å². The van der Waals surface area contributed by atoms with E-state index in [4.69, 9.17) is 21.1 Å². The molecular formula is C34H36BrClN4O3Si. The molecule has 6 rings (SSSR count). The number of hydrogen-bond acceptors (Lipinski definition) is 4. The van der Waals surface area contributed by atoms with Crippen molar-refractivity contribution in [3.05, 3.63) is 111 Å². The number of rotatable bonds is 6. The molecule has 2 aliphatic heterocycles. The minimum atomic E-state index is -2.79. The molecular weight excluding hydrogens is 656 g/mol. The summed E-state index contributed by atoms with van der Waals surface area (Å²) >= 11 is 9.70. The molecule has 0 unspecified atom stereocenters. The number of nitrogens with zero attached hydrogens (tertiary/aromatic N) is 3. The Bertz CT molecular complexity index is 1670. The third-order valence-electron chi connectivity index (χ3n) is 8.84. The zero-order valence-electron chi connectivity index (χ0n) is 25.3. The van der Waals surface area contributed by atoms with Gasteiger partial charge in [-0.25, -0.2) is 0 Å². The summed E-state index contributed by atoms with van der Waals surface area (Å²) in [6, 6.07) is 26.0. The maximum absolute atomic E-state index is 13.6. The fraction of sp³-hybridized carbons (Fsp3) is 0.324. The lowest BCUT2D eigenvalue weighted by Gasteiger charge is -2.44. The molecule has 4 aromatic rings. The third kappa shape index (κ3) is 5.34. The maximum Gasteiger partial charge on any atom is 0.270 e. The third-order valence-corrected chi connectivity index (χ3v) is 15.1. The van der Waals surface area contributed by atoms with Crippen LogP contribution >= 0.6 is 27.5 Å². The van der Waals surface area contributed by atoms with Crippen LogP contribution in [0, 0.1) is 0 Å². The second kappa shape index (κ2) is 11.9. The Hall–Kier alpha value is -3.24. The molecule has 7 nitrogen and oxygen atoms in total. The van der Waals surface area contributed by atoms with Crippen LogP contribution in [-0.2, 0) is 17.4 Å². The van der Waals surface area contributed by atoms with E-state index >= 15 is 0 Å². The Kier molecular flexibility index (Phi) is 8.34. The van der Waals surface area contributed by atoms with Gasteiger partial charge in [-0.3, -0.25) is 14.3 Å². The highest BCUT2D eigenvalue weighted by molar-refractivity contribution is 9.10. The summed E-state index contributed by atoms with van der Waals surface area (Å²) < 4.78 is 9.83. The number of hydrogen-bond donors (Lipinski definition) is 1. The van der Waals surface area contributed by atoms with E-state index in [1.807, 2.05) is 23.7 Å². The van der Waals surface area contributed by atoms with Gasteiger partial charge in [0.2, 0.25) is 0 Å². The Morgan fingerprint density at radius 1 is 1.07 bits per heavy atom. The van der Waals surface area contributed by atoms with E-state index in [9.17, 15) is 9.59 Å². The van der Waals surface area contributed by atoms with Crippen LogP contribution in [0.1, 0.15) is 65.8 Å². The van der Waals surface area contributed by atoms with Gasteiger partial charge in [-0.2, -0.15) is 5.10 Å². The molecule has 0 radical (unpaired) electrons. The van der Waals surface area contributed by atoms with Gasteiger partial charge in [0.1, 0.15) is 5.69 Å². The van der Waals surface area contributed by atoms with Crippen LogP contribution in [0.5, 0.6) is 0 Å². The second-order valence-electron chi connectivity index (χ2n) is 12.7. The van der Waals surface area contributed by atoms with E-state index in [1.165, 1.54) is 10.4 Å². The summed E-state index contributed by atoms with van der Waals surface area (Å²) in [5, 5.41) is 10.8. The average Bonchev–Trinajstić information content (AvgIpc) is 3.38. The molecule has 1 N–H and O–H groups in total. The Labute approximate surface area is 272 Å². The molecule has 0 aliphatic carbocycles. The van der Waals surface area contributed by atoms with Gasteiger partial charge in [-0.1, -0.05) is 93.0 Å². The van der Waals surface area contributed by atoms with E-state index in [1.54, 1.807) is 23.1 Å². The number of fused-ring (bicyclic) bond motifs is 3. The van der Waals surface area contributed by atoms with Crippen molar-refractivity contribution in [1.82, 2.24) is 20.0 Å². The van der Waals surface area contributed by atoms with Crippen molar-refractivity contribution in [1.29, 1.82) is 0 Å². The number of aromatic nitrogens is 2. The SMILES string of the molecule is C[C@@H]1Cc2nn3c(c2CN1C(=O)c1ccc(Br)c(Cl)c1)C(=O)NC[C@H]3CO[Si](c1ccccc1)(c1ccccc1)C(C)(C)C. The summed E-state index contributed by atoms with van der Waals surface area (Å²) in [7, 11) is -2.79. The number of benzene rings is 3. The van der Waals surface area contributed by atoms with Crippen LogP contribution in [0.3, 0.4) is 0 Å². The molecule has 0 bridgehead atoms. The summed E-state index contributed by atoms with van der Waals surface area (Å²) in [6.45, 7) is 9.89. The lowest BCUT2D eigenvalue weighted by molar-refractivity contribution is 0.0654. The number of nitrogens with one attached hydrogen (secondary N) is 1. The van der Waals surface area contributed by atoms with E-state index in [-0.39, 0.29) is 28.9 Å². The van der Waals surface area contributed by atoms with Gasteiger partial charge >= 0.3 is 0 Å². The smallest absolute Gasteiger partial charge is 0.270 e. The van der Waals surface area contributed by atoms with Crippen LogP contribution in [0.4, 0.5) is 0 Å². The molecule has 0 spiro atoms. The Balaban J connectivity index is 1.34. The van der Waals surface area contributed by atoms with Crippen LogP contribution in [0.2, 0.25) is 10.1 Å². The van der Waals surface area contributed by atoms with Crippen molar-refractivity contribution in [2.45, 2.75) is 57.8 Å². The standard InChI is InChI=1S/C34H36BrClN4O3Si/c1-22-17-30-27(20-39(22)33(42)23-15-16-28(35)29(36)18-23)31-32(41)37-19-24(40(31)38-30)21-43-44(34(2,3)4,25-11-7-5-8-12-25)26-13-9-6-10-14-26/h5-16,18,22,24H,17,19-21H2,1-4H3,(H,37,41)/t22-,24+/m1/s1. The van der Waals surface area contributed by atoms with Crippen molar-refractivity contribution < 1.29 is 14.0 Å². The van der Waals surface area contributed by atoms with E-state index in [0.29, 0.717) is 42.4 Å². The first-order chi connectivity index (χ1) is 21.0. The zero-order valence-corrected chi connectivity index (χ0v) is 28.7. The first kappa shape index (κ1) is 30.8. The van der Waals surface area contributed by atoms with Crippen molar-refractivity contribution in [3.8, 4) is 0 Å². The van der Waals surface area contributed by atoms with E-state index in [0.717, 1.165) is 15.7 Å². The summed E-state index contributed by atoms with van der Waals surface area (Å²) in [5.74, 6) is -0.297. The maximum atomic E-state index is 13.6. The molecule has 1 aromatic heterocycles. The highest BCUT2D eigenvalue weighted by atomic mass is 79.9. The van der Waals surface area contributed by atoms with Crippen molar-refractivity contribution >= 4 is 58.0 Å². The fourth-order valence-electron chi connectivity index (χ4n) is 6.63. The first-order valence-corrected chi connectivity index (χ1v) is 18.0. The average molecular weight is 692 g/mol. The molecule has 3 heterocycles. The highest BCUT2D eigenvalue weighted by Gasteiger charge is 2.51. The van der Waals surface area contributed by atoms with Crippen LogP contribution in [0.25, 0.3) is 0 Å². The first-order valence-electron chi connectivity index (χ1n) is 14.9. The molecule has 0 saturated heterocycles. The highest BCUT2D eigenvalue weighted by Crippen LogP contribution is 2.38. The van der Waals surface area contributed by atoms with Gasteiger partial charge < -0.3 is 14.6 Å². The Morgan fingerprint density at radius 2 is 1.70 bits per heavy atom. The summed E-state index contributed by atoms with van der Waals surface area (Å²) in [6.07, 6.45) is 0.556. The van der Waals surface area contributed by atoms with Crippen LogP contribution in [0.15, 0.2) is 83.3 Å². The molecule has 0 fully saturated rings. The van der Waals surface area contributed by atoms with Gasteiger partial charge in [0.15, 0.2) is 0 Å². The Morgan fingerprint density at radius 3 is 2.30 bits per heavy atom. The molecule has 2 atom stereocenters. The van der Waals surface area contributed by atoms with Gasteiger partial charge in [0.05, 0.1) is 29.9 Å². The van der Waals surface area contributed by atoms with Crippen molar-refractivity contribution in [3.63, 3.8) is 0 Å². The summed E-state index contributed by atoms with van der Waals surface area (Å²) in [4.78, 5) is 28.8. The van der Waals surface area contributed by atoms with Gasteiger partial charge in [0.25, 0.3) is 20.1 Å². The fourth-order valence-corrected chi connectivity index (χ4v) is 11.7. The van der Waals surface area contributed by atoms with E-state index < -0.39 is 8.32 Å². The molecule has 44 heavy (non-hydrogen) atoms. The van der Waals surface area contributed by atoms with Crippen LogP contribution < -0.4 is 15.7 Å². The monoisotopic (exact) mass is 690 g/mol. The predicted octanol–water partition coefficient (Wildman–Crippen LogP) is 5.75. The topological polar surface area (TPSA) is 76.5 Å². The van der Waals surface area contributed by atoms with Gasteiger partial charge in [0, 0.05) is 34.6 Å². The van der Waals surface area contributed by atoms with Gasteiger partial charge in [-0.05, 0) is 56.5 Å². The lowest BCUT2D eigenvalue weighted by Crippen LogP contribution is -2.67. The number of carbonyl (C=O) groups excluding carboxylic acids is 2. The molecule has 2 amide bonds. The van der Waals surface area contributed by atoms with Gasteiger partial charge in [-0.15, -0.1) is 0 Å². The quantitative estimate of drug-likeness (QED) is 0.262. The van der Waals surface area contributed by atoms with E-state index in [2.05, 4.69) is 90.5 Å². The number of halogens is 2. The zero-order chi connectivity index (χ0) is 31.2. The molecule has 0 saturated carbocycles. The number of carbonyl (C=O) groups is 2. The second-order valence-corrected chi connectivity index (χ2v) is 18.2. The molecule has 2 aliphatic rings.